The fraction of sp³-hybridized carbons (Fsp3) is 0.594. The minimum atomic E-state index is -0.188. The Labute approximate surface area is 216 Å². The highest BCUT2D eigenvalue weighted by Crippen LogP contribution is 2.63. The van der Waals surface area contributed by atoms with E-state index in [9.17, 15) is 9.90 Å². The van der Waals surface area contributed by atoms with E-state index < -0.39 is 0 Å². The molecule has 0 amide bonds. The molecule has 5 unspecified atom stereocenters. The molecular weight excluding hydrogens is 446 g/mol. The second-order valence-electron chi connectivity index (χ2n) is 12.4. The highest BCUT2D eigenvalue weighted by Gasteiger charge is 2.56. The van der Waals surface area contributed by atoms with Crippen LogP contribution in [-0.2, 0) is 9.53 Å². The molecule has 4 heteroatoms. The van der Waals surface area contributed by atoms with E-state index >= 15 is 0 Å². The van der Waals surface area contributed by atoms with Crippen LogP contribution in [0.25, 0.3) is 0 Å². The third kappa shape index (κ3) is 4.35. The number of ether oxygens (including phenoxy) is 1. The lowest BCUT2D eigenvalue weighted by atomic mass is 9.53. The van der Waals surface area contributed by atoms with Crippen molar-refractivity contribution in [3.8, 4) is 12.3 Å². The zero-order valence-corrected chi connectivity index (χ0v) is 22.3. The first kappa shape index (κ1) is 25.3. The number of aliphatic hydroxyl groups excluding tert-OH is 1. The van der Waals surface area contributed by atoms with Crippen molar-refractivity contribution >= 4 is 11.5 Å². The lowest BCUT2D eigenvalue weighted by Crippen LogP contribution is -2.45. The molecule has 192 valence electrons. The van der Waals surface area contributed by atoms with Crippen LogP contribution in [0.15, 0.2) is 47.1 Å². The Morgan fingerprint density at radius 1 is 1.06 bits per heavy atom. The molecule has 4 aliphatic carbocycles. The Kier molecular flexibility index (Phi) is 6.68. The molecule has 0 radical (unpaired) electrons. The molecule has 4 nitrogen and oxygen atoms in total. The number of hydrogen-bond acceptors (Lipinski definition) is 4. The van der Waals surface area contributed by atoms with Crippen molar-refractivity contribution in [2.24, 2.45) is 22.7 Å². The summed E-state index contributed by atoms with van der Waals surface area (Å²) >= 11 is 0. The molecule has 0 aromatic heterocycles. The van der Waals surface area contributed by atoms with Crippen molar-refractivity contribution in [1.29, 1.82) is 0 Å². The van der Waals surface area contributed by atoms with E-state index in [0.717, 1.165) is 51.7 Å². The average Bonchev–Trinajstić information content (AvgIpc) is 3.16. The van der Waals surface area contributed by atoms with Gasteiger partial charge in [0, 0.05) is 32.1 Å². The first-order valence-corrected chi connectivity index (χ1v) is 13.6. The van der Waals surface area contributed by atoms with E-state index in [4.69, 9.17) is 11.2 Å². The maximum atomic E-state index is 12.1. The number of benzene rings is 1. The summed E-state index contributed by atoms with van der Waals surface area (Å²) in [7, 11) is 4.15. The molecule has 1 aliphatic heterocycles. The molecule has 1 N–H and O–H groups in total. The Morgan fingerprint density at radius 3 is 2.36 bits per heavy atom. The summed E-state index contributed by atoms with van der Waals surface area (Å²) in [6.45, 7) is 5.84. The number of nitrogens with zero attached hydrogens (tertiary/aromatic N) is 1. The normalized spacial score (nSPS) is 34.1. The van der Waals surface area contributed by atoms with Crippen molar-refractivity contribution < 1.29 is 14.6 Å². The molecule has 36 heavy (non-hydrogen) atoms. The zero-order chi connectivity index (χ0) is 25.7. The largest absolute Gasteiger partial charge is 0.393 e. The van der Waals surface area contributed by atoms with Crippen LogP contribution in [0.1, 0.15) is 70.3 Å². The zero-order valence-electron chi connectivity index (χ0n) is 22.3. The molecule has 1 saturated heterocycles. The fourth-order valence-electron chi connectivity index (χ4n) is 7.43. The number of aliphatic hydroxyl groups is 1. The number of carbonyl (C=O) groups is 1. The molecule has 1 heterocycles. The van der Waals surface area contributed by atoms with Crippen LogP contribution in [0, 0.1) is 35.0 Å². The number of terminal acetylenes is 1. The van der Waals surface area contributed by atoms with Gasteiger partial charge in [-0.2, -0.15) is 0 Å². The summed E-state index contributed by atoms with van der Waals surface area (Å²) in [5.41, 5.74) is 7.08. The third-order valence-electron chi connectivity index (χ3n) is 9.68. The van der Waals surface area contributed by atoms with Crippen LogP contribution in [0.2, 0.25) is 0 Å². The van der Waals surface area contributed by atoms with Gasteiger partial charge in [-0.1, -0.05) is 30.6 Å². The number of hydrogen-bond donors (Lipinski definition) is 1. The molecule has 0 bridgehead atoms. The minimum absolute atomic E-state index is 0.00527. The Bertz CT molecular complexity index is 1120. The van der Waals surface area contributed by atoms with Crippen molar-refractivity contribution in [3.63, 3.8) is 0 Å². The summed E-state index contributed by atoms with van der Waals surface area (Å²) in [4.78, 5) is 14.2. The van der Waals surface area contributed by atoms with E-state index in [1.54, 1.807) is 5.57 Å². The van der Waals surface area contributed by atoms with Crippen LogP contribution >= 0.6 is 0 Å². The van der Waals surface area contributed by atoms with Crippen molar-refractivity contribution in [2.45, 2.75) is 70.8 Å². The predicted octanol–water partition coefficient (Wildman–Crippen LogP) is 5.67. The van der Waals surface area contributed by atoms with Gasteiger partial charge in [-0.15, -0.1) is 6.42 Å². The van der Waals surface area contributed by atoms with Crippen LogP contribution in [-0.4, -0.2) is 44.3 Å². The molecule has 3 fully saturated rings. The summed E-state index contributed by atoms with van der Waals surface area (Å²) in [5, 5.41) is 10.9. The van der Waals surface area contributed by atoms with Crippen LogP contribution < -0.4 is 4.90 Å². The van der Waals surface area contributed by atoms with Crippen molar-refractivity contribution in [1.82, 2.24) is 0 Å². The molecule has 5 aliphatic rings. The van der Waals surface area contributed by atoms with Gasteiger partial charge in [0.2, 0.25) is 0 Å². The summed E-state index contributed by atoms with van der Waals surface area (Å²) < 4.78 is 4.89. The van der Waals surface area contributed by atoms with Gasteiger partial charge < -0.3 is 14.7 Å². The lowest BCUT2D eigenvalue weighted by Gasteiger charge is -2.52. The van der Waals surface area contributed by atoms with E-state index in [0.29, 0.717) is 30.0 Å². The van der Waals surface area contributed by atoms with Gasteiger partial charge in [0.05, 0.1) is 24.7 Å². The van der Waals surface area contributed by atoms with Gasteiger partial charge >= 0.3 is 0 Å². The second kappa shape index (κ2) is 9.51. The fourth-order valence-corrected chi connectivity index (χ4v) is 7.43. The molecule has 1 aromatic rings. The van der Waals surface area contributed by atoms with E-state index in [1.165, 1.54) is 22.4 Å². The number of fused-ring (bicyclic) bond motifs is 4. The second-order valence-corrected chi connectivity index (χ2v) is 12.4. The highest BCUT2D eigenvalue weighted by molar-refractivity contribution is 5.93. The quantitative estimate of drug-likeness (QED) is 0.546. The number of anilines is 1. The number of rotatable bonds is 2. The van der Waals surface area contributed by atoms with E-state index in [1.807, 2.05) is 13.0 Å². The Morgan fingerprint density at radius 2 is 1.78 bits per heavy atom. The highest BCUT2D eigenvalue weighted by atomic mass is 16.5. The first-order valence-electron chi connectivity index (χ1n) is 13.6. The Hall–Kier alpha value is -2.35. The van der Waals surface area contributed by atoms with Gasteiger partial charge in [0.25, 0.3) is 0 Å². The Balaban J connectivity index is 0.000000330. The number of ketones is 1. The molecule has 1 aromatic carbocycles. The van der Waals surface area contributed by atoms with Gasteiger partial charge in [-0.25, -0.2) is 0 Å². The van der Waals surface area contributed by atoms with Crippen LogP contribution in [0.3, 0.4) is 0 Å². The SMILES string of the molecule is C#CC1(C)COC1.CN(C)c1ccc(C2CC3(C)C(O)CCC3C3CCC4=CC(=O)CCC4=C23)cc1. The predicted molar refractivity (Wildman–Crippen MR) is 145 cm³/mol. The van der Waals surface area contributed by atoms with Gasteiger partial charge in [0.15, 0.2) is 5.78 Å². The van der Waals surface area contributed by atoms with Gasteiger partial charge in [-0.3, -0.25) is 4.79 Å². The van der Waals surface area contributed by atoms with E-state index in [2.05, 4.69) is 56.1 Å². The third-order valence-corrected chi connectivity index (χ3v) is 9.68. The summed E-state index contributed by atoms with van der Waals surface area (Å²) in [6.07, 6.45) is 13.7. The number of carbonyl (C=O) groups excluding carboxylic acids is 1. The van der Waals surface area contributed by atoms with Crippen molar-refractivity contribution in [3.05, 3.63) is 52.6 Å². The molecule has 6 rings (SSSR count). The maximum absolute atomic E-state index is 12.1. The maximum Gasteiger partial charge on any atom is 0.156 e. The average molecular weight is 488 g/mol. The molecule has 0 spiro atoms. The first-order chi connectivity index (χ1) is 17.1. The monoisotopic (exact) mass is 487 g/mol. The van der Waals surface area contributed by atoms with Crippen LogP contribution in [0.4, 0.5) is 5.69 Å². The molecular formula is C32H41NO3. The van der Waals surface area contributed by atoms with Gasteiger partial charge in [0.1, 0.15) is 0 Å². The standard InChI is InChI=1S/C26H33NO2.C6H8O/c1-26-15-22(16-4-7-18(8-5-16)27(2)3)25-20-11-9-19(28)14-17(20)6-10-21(25)23(26)12-13-24(26)29;1-3-6(2)4-7-5-6/h4-5,7-8,14,21-24,29H,6,9-13,15H2,1-3H3;1H,4-5H2,2H3. The van der Waals surface area contributed by atoms with Crippen molar-refractivity contribution in [2.75, 3.05) is 32.2 Å². The van der Waals surface area contributed by atoms with E-state index in [-0.39, 0.29) is 16.9 Å². The van der Waals surface area contributed by atoms with Gasteiger partial charge in [-0.05, 0) is 97.6 Å². The summed E-state index contributed by atoms with van der Waals surface area (Å²) in [5.74, 6) is 4.45. The lowest BCUT2D eigenvalue weighted by molar-refractivity contribution is -0.114. The van der Waals surface area contributed by atoms with Crippen LogP contribution in [0.5, 0.6) is 0 Å². The molecule has 2 saturated carbocycles. The minimum Gasteiger partial charge on any atom is -0.393 e. The smallest absolute Gasteiger partial charge is 0.156 e. The summed E-state index contributed by atoms with van der Waals surface area (Å²) in [6, 6.07) is 9.03. The topological polar surface area (TPSA) is 49.8 Å². The number of allylic oxidation sites excluding steroid dienone is 4. The molecule has 5 atom stereocenters.